The summed E-state index contributed by atoms with van der Waals surface area (Å²) in [5, 5.41) is 0. The van der Waals surface area contributed by atoms with Gasteiger partial charge in [-0.2, -0.15) is 0 Å². The van der Waals surface area contributed by atoms with Crippen LogP contribution in [0.1, 0.15) is 103 Å². The molecule has 0 N–H and O–H groups in total. The van der Waals surface area contributed by atoms with E-state index in [1.807, 2.05) is 5.92 Å². The highest BCUT2D eigenvalue weighted by atomic mass is 14.3. The second-order valence-corrected chi connectivity index (χ2v) is 7.16. The van der Waals surface area contributed by atoms with E-state index in [-0.39, 0.29) is 0 Å². The van der Waals surface area contributed by atoms with Crippen molar-refractivity contribution >= 4 is 0 Å². The summed E-state index contributed by atoms with van der Waals surface area (Å²) >= 11 is 0. The summed E-state index contributed by atoms with van der Waals surface area (Å²) in [5.74, 6) is 4.10. The van der Waals surface area contributed by atoms with Crippen LogP contribution in [0.2, 0.25) is 0 Å². The maximum absolute atomic E-state index is 2.31. The summed E-state index contributed by atoms with van der Waals surface area (Å²) in [6.07, 6.45) is 22.4. The monoisotopic (exact) mass is 263 g/mol. The highest BCUT2D eigenvalue weighted by Crippen LogP contribution is 2.42. The molecule has 1 atom stereocenters. The van der Waals surface area contributed by atoms with Gasteiger partial charge in [0.25, 0.3) is 0 Å². The minimum atomic E-state index is 1.02. The fraction of sp³-hybridized carbons (Fsp3) is 0.947. The van der Waals surface area contributed by atoms with Gasteiger partial charge in [-0.05, 0) is 43.4 Å². The van der Waals surface area contributed by atoms with E-state index < -0.39 is 0 Å². The summed E-state index contributed by atoms with van der Waals surface area (Å²) in [6, 6.07) is 0. The van der Waals surface area contributed by atoms with Crippen LogP contribution in [0.5, 0.6) is 0 Å². The van der Waals surface area contributed by atoms with Crippen molar-refractivity contribution in [1.82, 2.24) is 0 Å². The van der Waals surface area contributed by atoms with Crippen molar-refractivity contribution < 1.29 is 0 Å². The Morgan fingerprint density at radius 3 is 2.37 bits per heavy atom. The van der Waals surface area contributed by atoms with Gasteiger partial charge in [0.1, 0.15) is 0 Å². The van der Waals surface area contributed by atoms with Crippen molar-refractivity contribution in [3.63, 3.8) is 0 Å². The van der Waals surface area contributed by atoms with E-state index >= 15 is 0 Å². The first-order valence-electron chi connectivity index (χ1n) is 9.24. The van der Waals surface area contributed by atoms with Gasteiger partial charge in [-0.15, -0.1) is 0 Å². The molecule has 0 aromatic rings. The molecule has 2 aliphatic rings. The average Bonchev–Trinajstić information content (AvgIpc) is 2.93. The minimum absolute atomic E-state index is 1.02. The van der Waals surface area contributed by atoms with E-state index in [2.05, 4.69) is 6.92 Å². The third-order valence-electron chi connectivity index (χ3n) is 5.56. The lowest BCUT2D eigenvalue weighted by atomic mass is 9.72. The van der Waals surface area contributed by atoms with Crippen molar-refractivity contribution in [3.8, 4) is 0 Å². The number of hydrogen-bond acceptors (Lipinski definition) is 0. The Kier molecular flexibility index (Phi) is 7.32. The molecular formula is C19H35. The molecule has 0 nitrogen and oxygen atoms in total. The van der Waals surface area contributed by atoms with Crippen molar-refractivity contribution in [2.45, 2.75) is 103 Å². The third kappa shape index (κ3) is 5.48. The highest BCUT2D eigenvalue weighted by molar-refractivity contribution is 5.00. The van der Waals surface area contributed by atoms with Crippen LogP contribution in [0.4, 0.5) is 0 Å². The van der Waals surface area contributed by atoms with Crippen molar-refractivity contribution in [2.24, 2.45) is 11.8 Å². The molecule has 2 rings (SSSR count). The molecule has 0 aromatic carbocycles. The van der Waals surface area contributed by atoms with Gasteiger partial charge < -0.3 is 0 Å². The summed E-state index contributed by atoms with van der Waals surface area (Å²) in [7, 11) is 0. The summed E-state index contributed by atoms with van der Waals surface area (Å²) in [4.78, 5) is 0. The Morgan fingerprint density at radius 2 is 1.58 bits per heavy atom. The standard InChI is InChI=1S/C19H35/c1-2-3-4-5-6-13-18-14-9-10-15-19(18)16-17-11-7-8-12-17/h17-18H,2-16H2,1H3. The average molecular weight is 263 g/mol. The van der Waals surface area contributed by atoms with Crippen molar-refractivity contribution in [2.75, 3.05) is 0 Å². The van der Waals surface area contributed by atoms with Crippen molar-refractivity contribution in [3.05, 3.63) is 5.92 Å². The van der Waals surface area contributed by atoms with Crippen LogP contribution in [-0.2, 0) is 0 Å². The van der Waals surface area contributed by atoms with Crippen LogP contribution in [0.15, 0.2) is 0 Å². The maximum Gasteiger partial charge on any atom is -0.0207 e. The number of unbranched alkanes of at least 4 members (excludes halogenated alkanes) is 4. The first kappa shape index (κ1) is 15.4. The summed E-state index contributed by atoms with van der Waals surface area (Å²) in [5.41, 5.74) is 0. The van der Waals surface area contributed by atoms with E-state index in [1.54, 1.807) is 0 Å². The Labute approximate surface area is 121 Å². The zero-order valence-corrected chi connectivity index (χ0v) is 13.3. The minimum Gasteiger partial charge on any atom is -0.0654 e. The molecule has 0 heterocycles. The molecule has 0 amide bonds. The number of rotatable bonds is 8. The lowest BCUT2D eigenvalue weighted by molar-refractivity contribution is 0.318. The molecule has 0 aromatic heterocycles. The number of hydrogen-bond donors (Lipinski definition) is 0. The lowest BCUT2D eigenvalue weighted by Crippen LogP contribution is -2.20. The van der Waals surface area contributed by atoms with Gasteiger partial charge in [0, 0.05) is 0 Å². The van der Waals surface area contributed by atoms with E-state index in [0.717, 1.165) is 11.8 Å². The molecule has 0 aliphatic heterocycles. The van der Waals surface area contributed by atoms with Crippen LogP contribution in [0, 0.1) is 17.8 Å². The molecule has 0 saturated heterocycles. The predicted molar refractivity (Wildman–Crippen MR) is 85.2 cm³/mol. The van der Waals surface area contributed by atoms with Crippen LogP contribution < -0.4 is 0 Å². The Balaban J connectivity index is 1.66. The van der Waals surface area contributed by atoms with Crippen LogP contribution in [-0.4, -0.2) is 0 Å². The van der Waals surface area contributed by atoms with Gasteiger partial charge in [-0.1, -0.05) is 77.6 Å². The normalized spacial score (nSPS) is 26.1. The van der Waals surface area contributed by atoms with Gasteiger partial charge in [0.2, 0.25) is 0 Å². The topological polar surface area (TPSA) is 0 Å². The summed E-state index contributed by atoms with van der Waals surface area (Å²) < 4.78 is 0. The highest BCUT2D eigenvalue weighted by Gasteiger charge is 2.28. The van der Waals surface area contributed by atoms with Gasteiger partial charge >= 0.3 is 0 Å². The molecule has 2 fully saturated rings. The fourth-order valence-corrected chi connectivity index (χ4v) is 4.35. The van der Waals surface area contributed by atoms with Gasteiger partial charge in [-0.25, -0.2) is 0 Å². The molecule has 0 bridgehead atoms. The molecule has 1 radical (unpaired) electrons. The van der Waals surface area contributed by atoms with E-state index in [4.69, 9.17) is 0 Å². The Bertz CT molecular complexity index is 214. The molecule has 0 heteroatoms. The largest absolute Gasteiger partial charge is 0.0654 e. The quantitative estimate of drug-likeness (QED) is 0.428. The molecular weight excluding hydrogens is 228 g/mol. The zero-order valence-electron chi connectivity index (χ0n) is 13.3. The van der Waals surface area contributed by atoms with E-state index in [0.29, 0.717) is 0 Å². The van der Waals surface area contributed by atoms with Crippen LogP contribution >= 0.6 is 0 Å². The first-order valence-corrected chi connectivity index (χ1v) is 9.24. The Morgan fingerprint density at radius 1 is 0.842 bits per heavy atom. The second kappa shape index (κ2) is 9.03. The summed E-state index contributed by atoms with van der Waals surface area (Å²) in [6.45, 7) is 2.31. The first-order chi connectivity index (χ1) is 9.40. The fourth-order valence-electron chi connectivity index (χ4n) is 4.35. The molecule has 19 heavy (non-hydrogen) atoms. The molecule has 0 spiro atoms. The lowest BCUT2D eigenvalue weighted by Gasteiger charge is -2.33. The molecule has 2 aliphatic carbocycles. The van der Waals surface area contributed by atoms with Crippen molar-refractivity contribution in [1.29, 1.82) is 0 Å². The molecule has 2 saturated carbocycles. The molecule has 111 valence electrons. The van der Waals surface area contributed by atoms with E-state index in [9.17, 15) is 0 Å². The van der Waals surface area contributed by atoms with E-state index in [1.165, 1.54) is 96.3 Å². The zero-order chi connectivity index (χ0) is 13.3. The maximum atomic E-state index is 2.31. The van der Waals surface area contributed by atoms with Crippen LogP contribution in [0.25, 0.3) is 0 Å². The van der Waals surface area contributed by atoms with Gasteiger partial charge in [0.15, 0.2) is 0 Å². The van der Waals surface area contributed by atoms with Crippen LogP contribution in [0.3, 0.4) is 0 Å². The Hall–Kier alpha value is 0. The third-order valence-corrected chi connectivity index (χ3v) is 5.56. The second-order valence-electron chi connectivity index (χ2n) is 7.16. The predicted octanol–water partition coefficient (Wildman–Crippen LogP) is 6.69. The van der Waals surface area contributed by atoms with Gasteiger partial charge in [-0.3, -0.25) is 0 Å². The molecule has 1 unspecified atom stereocenters. The smallest absolute Gasteiger partial charge is 0.0207 e. The van der Waals surface area contributed by atoms with Gasteiger partial charge in [0.05, 0.1) is 0 Å². The SMILES string of the molecule is CCCCCCCC1CCCC[C]1CC1CCCC1.